The molecule has 20 heavy (non-hydrogen) atoms. The quantitative estimate of drug-likeness (QED) is 0.589. The van der Waals surface area contributed by atoms with Gasteiger partial charge in [-0.05, 0) is 30.9 Å². The first-order chi connectivity index (χ1) is 9.72. The van der Waals surface area contributed by atoms with E-state index < -0.39 is 5.92 Å². The fourth-order valence-corrected chi connectivity index (χ4v) is 1.80. The third-order valence-corrected chi connectivity index (χ3v) is 2.92. The van der Waals surface area contributed by atoms with Crippen molar-refractivity contribution in [2.24, 2.45) is 10.9 Å². The molecule has 0 spiro atoms. The molecule has 1 amide bonds. The van der Waals surface area contributed by atoms with E-state index in [9.17, 15) is 9.90 Å². The maximum Gasteiger partial charge on any atom is 0.230 e. The van der Waals surface area contributed by atoms with Gasteiger partial charge in [0.2, 0.25) is 5.91 Å². The molecule has 1 rings (SSSR count). The first-order valence-electron chi connectivity index (χ1n) is 6.44. The highest BCUT2D eigenvalue weighted by Crippen LogP contribution is 2.13. The third kappa shape index (κ3) is 4.82. The van der Waals surface area contributed by atoms with E-state index in [1.165, 1.54) is 6.20 Å². The smallest absolute Gasteiger partial charge is 0.230 e. The zero-order valence-corrected chi connectivity index (χ0v) is 11.6. The minimum atomic E-state index is -0.596. The topological polar surface area (TPSA) is 61.7 Å². The Bertz CT molecular complexity index is 492. The Kier molecular flexibility index (Phi) is 7.00. The lowest BCUT2D eigenvalue weighted by molar-refractivity contribution is -0.125. The molecule has 0 aliphatic heterocycles. The fraction of sp³-hybridized carbons (Fsp3) is 0.250. The van der Waals surface area contributed by atoms with Crippen LogP contribution in [0.15, 0.2) is 59.2 Å². The summed E-state index contributed by atoms with van der Waals surface area (Å²) >= 11 is 0. The number of aliphatic imine (C=N–C) groups is 1. The average molecular weight is 272 g/mol. The number of amides is 1. The van der Waals surface area contributed by atoms with E-state index in [2.05, 4.69) is 17.0 Å². The molecule has 0 saturated heterocycles. The van der Waals surface area contributed by atoms with Crippen LogP contribution in [0.3, 0.4) is 0 Å². The Morgan fingerprint density at radius 1 is 1.45 bits per heavy atom. The summed E-state index contributed by atoms with van der Waals surface area (Å²) in [6, 6.07) is 9.63. The first kappa shape index (κ1) is 15.9. The predicted molar refractivity (Wildman–Crippen MR) is 81.3 cm³/mol. The zero-order valence-electron chi connectivity index (χ0n) is 11.6. The molecule has 0 aliphatic carbocycles. The molecular weight excluding hydrogens is 252 g/mol. The summed E-state index contributed by atoms with van der Waals surface area (Å²) in [7, 11) is 0. The van der Waals surface area contributed by atoms with Gasteiger partial charge in [-0.2, -0.15) is 0 Å². The van der Waals surface area contributed by atoms with Crippen LogP contribution in [0.5, 0.6) is 0 Å². The summed E-state index contributed by atoms with van der Waals surface area (Å²) in [5, 5.41) is 12.2. The van der Waals surface area contributed by atoms with Crippen LogP contribution in [0, 0.1) is 5.92 Å². The summed E-state index contributed by atoms with van der Waals surface area (Å²) in [6.45, 7) is 5.35. The minimum absolute atomic E-state index is 0.210. The van der Waals surface area contributed by atoms with Gasteiger partial charge in [0.05, 0.1) is 12.5 Å². The van der Waals surface area contributed by atoms with Crippen molar-refractivity contribution in [1.29, 1.82) is 0 Å². The zero-order chi connectivity index (χ0) is 14.8. The number of aliphatic hydroxyl groups excluding tert-OH is 1. The third-order valence-electron chi connectivity index (χ3n) is 2.92. The van der Waals surface area contributed by atoms with Crippen LogP contribution in [0.1, 0.15) is 12.5 Å². The van der Waals surface area contributed by atoms with E-state index in [-0.39, 0.29) is 12.5 Å². The molecule has 0 aliphatic rings. The van der Waals surface area contributed by atoms with Gasteiger partial charge < -0.3 is 10.4 Å². The Morgan fingerprint density at radius 3 is 2.70 bits per heavy atom. The van der Waals surface area contributed by atoms with Crippen LogP contribution in [0.4, 0.5) is 0 Å². The first-order valence-corrected chi connectivity index (χ1v) is 6.44. The Labute approximate surface area is 119 Å². The second-order valence-corrected chi connectivity index (χ2v) is 4.23. The van der Waals surface area contributed by atoms with Gasteiger partial charge in [-0.3, -0.25) is 9.79 Å². The van der Waals surface area contributed by atoms with Gasteiger partial charge in [0.25, 0.3) is 0 Å². The van der Waals surface area contributed by atoms with Crippen LogP contribution in [-0.2, 0) is 11.3 Å². The van der Waals surface area contributed by atoms with Crippen LogP contribution in [0.2, 0.25) is 0 Å². The van der Waals surface area contributed by atoms with Gasteiger partial charge in [0.15, 0.2) is 0 Å². The lowest BCUT2D eigenvalue weighted by Gasteiger charge is -2.15. The molecule has 1 aromatic rings. The molecule has 0 unspecified atom stereocenters. The molecule has 0 aromatic heterocycles. The van der Waals surface area contributed by atoms with Gasteiger partial charge >= 0.3 is 0 Å². The Balaban J connectivity index is 2.67. The van der Waals surface area contributed by atoms with Crippen molar-refractivity contribution in [3.05, 3.63) is 59.8 Å². The highest BCUT2D eigenvalue weighted by atomic mass is 16.3. The number of hydrogen-bond donors (Lipinski definition) is 2. The monoisotopic (exact) mass is 272 g/mol. The van der Waals surface area contributed by atoms with Gasteiger partial charge in [0, 0.05) is 12.7 Å². The van der Waals surface area contributed by atoms with Crippen molar-refractivity contribution in [3.8, 4) is 0 Å². The maximum absolute atomic E-state index is 12.1. The SMILES string of the molecule is C=N/C=C\C(=C/C)[C@@H](CO)C(=O)NCc1ccccc1. The van der Waals surface area contributed by atoms with E-state index in [1.54, 1.807) is 12.2 Å². The van der Waals surface area contributed by atoms with E-state index >= 15 is 0 Å². The predicted octanol–water partition coefficient (Wildman–Crippen LogP) is 2.07. The van der Waals surface area contributed by atoms with E-state index in [0.29, 0.717) is 12.1 Å². The standard InChI is InChI=1S/C16H20N2O2/c1-3-14(9-10-17-2)15(12-19)16(20)18-11-13-7-5-4-6-8-13/h3-10,15,19H,2,11-12H2,1H3,(H,18,20)/b10-9-,14-3+/t15-/m1/s1. The highest BCUT2D eigenvalue weighted by molar-refractivity contribution is 5.82. The van der Waals surface area contributed by atoms with E-state index in [1.807, 2.05) is 37.3 Å². The lowest BCUT2D eigenvalue weighted by atomic mass is 9.98. The summed E-state index contributed by atoms with van der Waals surface area (Å²) in [6.07, 6.45) is 4.96. The van der Waals surface area contributed by atoms with E-state index in [4.69, 9.17) is 0 Å². The number of benzene rings is 1. The van der Waals surface area contributed by atoms with Crippen LogP contribution < -0.4 is 5.32 Å². The summed E-state index contributed by atoms with van der Waals surface area (Å²) in [4.78, 5) is 15.7. The number of nitrogens with one attached hydrogen (secondary N) is 1. The Morgan fingerprint density at radius 2 is 2.15 bits per heavy atom. The van der Waals surface area contributed by atoms with Gasteiger partial charge in [-0.15, -0.1) is 0 Å². The molecule has 106 valence electrons. The van der Waals surface area contributed by atoms with Crippen LogP contribution >= 0.6 is 0 Å². The van der Waals surface area contributed by atoms with Crippen molar-refractivity contribution in [1.82, 2.24) is 5.32 Å². The molecule has 1 atom stereocenters. The van der Waals surface area contributed by atoms with Crippen molar-refractivity contribution < 1.29 is 9.90 Å². The molecule has 4 heteroatoms. The summed E-state index contributed by atoms with van der Waals surface area (Å²) in [5.41, 5.74) is 1.73. The lowest BCUT2D eigenvalue weighted by Crippen LogP contribution is -2.33. The number of hydrogen-bond acceptors (Lipinski definition) is 3. The van der Waals surface area contributed by atoms with Crippen molar-refractivity contribution in [2.75, 3.05) is 6.61 Å². The van der Waals surface area contributed by atoms with Gasteiger partial charge in [-0.25, -0.2) is 0 Å². The summed E-state index contributed by atoms with van der Waals surface area (Å²) < 4.78 is 0. The van der Waals surface area contributed by atoms with Crippen LogP contribution in [0.25, 0.3) is 0 Å². The summed E-state index contributed by atoms with van der Waals surface area (Å²) in [5.74, 6) is -0.806. The van der Waals surface area contributed by atoms with Crippen molar-refractivity contribution in [2.45, 2.75) is 13.5 Å². The molecule has 4 nitrogen and oxygen atoms in total. The number of rotatable bonds is 7. The number of carbonyl (C=O) groups is 1. The number of nitrogens with zero attached hydrogens (tertiary/aromatic N) is 1. The largest absolute Gasteiger partial charge is 0.395 e. The second-order valence-electron chi connectivity index (χ2n) is 4.23. The van der Waals surface area contributed by atoms with Crippen molar-refractivity contribution in [3.63, 3.8) is 0 Å². The normalized spacial score (nSPS) is 13.2. The van der Waals surface area contributed by atoms with Gasteiger partial charge in [0.1, 0.15) is 0 Å². The van der Waals surface area contributed by atoms with Crippen molar-refractivity contribution >= 4 is 12.6 Å². The number of allylic oxidation sites excluding steroid dienone is 2. The fourth-order valence-electron chi connectivity index (χ4n) is 1.80. The number of aliphatic hydroxyl groups is 1. The molecule has 0 fully saturated rings. The molecule has 1 aromatic carbocycles. The molecular formula is C16H20N2O2. The van der Waals surface area contributed by atoms with E-state index in [0.717, 1.165) is 5.56 Å². The van der Waals surface area contributed by atoms with Crippen LogP contribution in [-0.4, -0.2) is 24.3 Å². The average Bonchev–Trinajstić information content (AvgIpc) is 2.50. The molecule has 0 saturated carbocycles. The maximum atomic E-state index is 12.1. The Hall–Kier alpha value is -2.20. The molecule has 0 heterocycles. The second kappa shape index (κ2) is 8.82. The number of carbonyl (C=O) groups excluding carboxylic acids is 1. The minimum Gasteiger partial charge on any atom is -0.395 e. The molecule has 0 bridgehead atoms. The molecule has 2 N–H and O–H groups in total. The molecule has 0 radical (unpaired) electrons. The highest BCUT2D eigenvalue weighted by Gasteiger charge is 2.19. The van der Waals surface area contributed by atoms with Gasteiger partial charge in [-0.1, -0.05) is 36.4 Å².